The van der Waals surface area contributed by atoms with Gasteiger partial charge in [-0.05, 0) is 31.9 Å². The minimum atomic E-state index is -3.47. The molecule has 0 fully saturated rings. The molecule has 0 heterocycles. The molecule has 0 aliphatic carbocycles. The summed E-state index contributed by atoms with van der Waals surface area (Å²) in [6, 6.07) is 3.03. The van der Waals surface area contributed by atoms with E-state index in [1.165, 1.54) is 11.4 Å². The van der Waals surface area contributed by atoms with Crippen LogP contribution < -0.4 is 10.1 Å². The maximum absolute atomic E-state index is 12.2. The van der Waals surface area contributed by atoms with Crippen molar-refractivity contribution in [3.63, 3.8) is 0 Å². The minimum absolute atomic E-state index is 0.251. The normalized spacial score (nSPS) is 13.0. The first-order chi connectivity index (χ1) is 10.6. The molecule has 0 saturated carbocycles. The van der Waals surface area contributed by atoms with Crippen LogP contribution in [0, 0.1) is 6.92 Å². The number of nitrogens with zero attached hydrogens (tertiary/aromatic N) is 1. The maximum Gasteiger partial charge on any atom is 0.239 e. The van der Waals surface area contributed by atoms with Gasteiger partial charge in [-0.1, -0.05) is 18.5 Å². The third-order valence-electron chi connectivity index (χ3n) is 3.56. The summed E-state index contributed by atoms with van der Waals surface area (Å²) in [5, 5.41) is 3.21. The molecule has 1 aromatic rings. The lowest BCUT2D eigenvalue weighted by Crippen LogP contribution is -2.42. The standard InChI is InChI=1S/C15H23ClN2O4S/c1-6-11(3)18(23(5,20)21)9-15(19)17-13-7-10(2)12(16)8-14(13)22-4/h7-8,11H,6,9H2,1-5H3,(H,17,19). The number of nitrogens with one attached hydrogen (secondary N) is 1. The largest absolute Gasteiger partial charge is 0.495 e. The SMILES string of the molecule is CCC(C)N(CC(=O)Nc1cc(C)c(Cl)cc1OC)S(C)(=O)=O. The van der Waals surface area contributed by atoms with Crippen molar-refractivity contribution >= 4 is 33.2 Å². The fourth-order valence-electron chi connectivity index (χ4n) is 2.06. The molecule has 23 heavy (non-hydrogen) atoms. The predicted octanol–water partition coefficient (Wildman–Crippen LogP) is 2.66. The molecule has 0 bridgehead atoms. The van der Waals surface area contributed by atoms with E-state index in [0.29, 0.717) is 22.9 Å². The van der Waals surface area contributed by atoms with E-state index in [0.717, 1.165) is 11.8 Å². The third kappa shape index (κ3) is 5.37. The lowest BCUT2D eigenvalue weighted by atomic mass is 10.2. The summed E-state index contributed by atoms with van der Waals surface area (Å²) >= 11 is 6.03. The van der Waals surface area contributed by atoms with Gasteiger partial charge in [-0.15, -0.1) is 0 Å². The molecule has 0 saturated heterocycles. The quantitative estimate of drug-likeness (QED) is 0.809. The lowest BCUT2D eigenvalue weighted by molar-refractivity contribution is -0.116. The van der Waals surface area contributed by atoms with Gasteiger partial charge >= 0.3 is 0 Å². The Morgan fingerprint density at radius 3 is 2.52 bits per heavy atom. The number of benzene rings is 1. The van der Waals surface area contributed by atoms with Crippen LogP contribution in [0.1, 0.15) is 25.8 Å². The molecule has 1 rings (SSSR count). The zero-order chi connectivity index (χ0) is 17.8. The van der Waals surface area contributed by atoms with Gasteiger partial charge in [0.15, 0.2) is 0 Å². The summed E-state index contributed by atoms with van der Waals surface area (Å²) in [4.78, 5) is 12.2. The van der Waals surface area contributed by atoms with Crippen molar-refractivity contribution in [3.05, 3.63) is 22.7 Å². The van der Waals surface area contributed by atoms with Crippen LogP contribution in [0.5, 0.6) is 5.75 Å². The number of halogens is 1. The van der Waals surface area contributed by atoms with Crippen molar-refractivity contribution in [1.82, 2.24) is 4.31 Å². The molecule has 1 aromatic carbocycles. The van der Waals surface area contributed by atoms with Gasteiger partial charge in [0, 0.05) is 17.1 Å². The number of methoxy groups -OCH3 is 1. The van der Waals surface area contributed by atoms with Crippen molar-refractivity contribution in [2.45, 2.75) is 33.2 Å². The van der Waals surface area contributed by atoms with Crippen molar-refractivity contribution in [2.24, 2.45) is 0 Å². The number of aryl methyl sites for hydroxylation is 1. The highest BCUT2D eigenvalue weighted by Crippen LogP contribution is 2.30. The molecule has 6 nitrogen and oxygen atoms in total. The summed E-state index contributed by atoms with van der Waals surface area (Å²) in [6.07, 6.45) is 1.71. The second-order valence-corrected chi connectivity index (χ2v) is 7.76. The Morgan fingerprint density at radius 2 is 2.04 bits per heavy atom. The summed E-state index contributed by atoms with van der Waals surface area (Å²) in [6.45, 7) is 5.19. The van der Waals surface area contributed by atoms with E-state index in [1.807, 2.05) is 6.92 Å². The van der Waals surface area contributed by atoms with Crippen molar-refractivity contribution in [3.8, 4) is 5.75 Å². The van der Waals surface area contributed by atoms with Gasteiger partial charge in [-0.25, -0.2) is 8.42 Å². The van der Waals surface area contributed by atoms with E-state index in [9.17, 15) is 13.2 Å². The average Bonchev–Trinajstić information content (AvgIpc) is 2.46. The van der Waals surface area contributed by atoms with Crippen molar-refractivity contribution in [2.75, 3.05) is 25.2 Å². The first-order valence-corrected chi connectivity index (χ1v) is 9.43. The smallest absolute Gasteiger partial charge is 0.239 e. The molecular formula is C15H23ClN2O4S. The maximum atomic E-state index is 12.2. The van der Waals surface area contributed by atoms with E-state index in [-0.39, 0.29) is 12.6 Å². The monoisotopic (exact) mass is 362 g/mol. The second-order valence-electron chi connectivity index (χ2n) is 5.42. The molecule has 0 aliphatic rings. The molecule has 1 N–H and O–H groups in total. The first kappa shape index (κ1) is 19.7. The molecule has 8 heteroatoms. The van der Waals surface area contributed by atoms with E-state index >= 15 is 0 Å². The molecule has 0 radical (unpaired) electrons. The molecule has 130 valence electrons. The first-order valence-electron chi connectivity index (χ1n) is 7.21. The Bertz CT molecular complexity index is 676. The van der Waals surface area contributed by atoms with Crippen LogP contribution in [0.3, 0.4) is 0 Å². The van der Waals surface area contributed by atoms with E-state index < -0.39 is 15.9 Å². The Kier molecular flexibility index (Phi) is 6.85. The zero-order valence-corrected chi connectivity index (χ0v) is 15.6. The van der Waals surface area contributed by atoms with E-state index in [2.05, 4.69) is 5.32 Å². The second kappa shape index (κ2) is 7.99. The average molecular weight is 363 g/mol. The lowest BCUT2D eigenvalue weighted by Gasteiger charge is -2.25. The van der Waals surface area contributed by atoms with Gasteiger partial charge in [0.25, 0.3) is 0 Å². The molecule has 1 atom stereocenters. The van der Waals surface area contributed by atoms with Gasteiger partial charge in [0.2, 0.25) is 15.9 Å². The van der Waals surface area contributed by atoms with Gasteiger partial charge in [-0.3, -0.25) is 4.79 Å². The molecule has 0 aliphatic heterocycles. The van der Waals surface area contributed by atoms with E-state index in [1.54, 1.807) is 26.0 Å². The Morgan fingerprint density at radius 1 is 1.43 bits per heavy atom. The Labute approximate surface area is 142 Å². The molecule has 0 aromatic heterocycles. The number of amides is 1. The van der Waals surface area contributed by atoms with Gasteiger partial charge in [0.05, 0.1) is 25.6 Å². The summed E-state index contributed by atoms with van der Waals surface area (Å²) in [5.74, 6) is -0.0147. The minimum Gasteiger partial charge on any atom is -0.495 e. The third-order valence-corrected chi connectivity index (χ3v) is 5.31. The summed E-state index contributed by atoms with van der Waals surface area (Å²) < 4.78 is 30.1. The number of anilines is 1. The van der Waals surface area contributed by atoms with Crippen LogP contribution >= 0.6 is 11.6 Å². The van der Waals surface area contributed by atoms with Crippen LogP contribution in [0.15, 0.2) is 12.1 Å². The topological polar surface area (TPSA) is 75.7 Å². The summed E-state index contributed by atoms with van der Waals surface area (Å²) in [7, 11) is -2.00. The fraction of sp³-hybridized carbons (Fsp3) is 0.533. The highest BCUT2D eigenvalue weighted by atomic mass is 35.5. The number of hydrogen-bond donors (Lipinski definition) is 1. The molecular weight excluding hydrogens is 340 g/mol. The Hall–Kier alpha value is -1.31. The Balaban J connectivity index is 2.97. The summed E-state index contributed by atoms with van der Waals surface area (Å²) in [5.41, 5.74) is 1.24. The van der Waals surface area contributed by atoms with Gasteiger partial charge in [-0.2, -0.15) is 4.31 Å². The predicted molar refractivity (Wildman–Crippen MR) is 92.7 cm³/mol. The van der Waals surface area contributed by atoms with Crippen molar-refractivity contribution < 1.29 is 17.9 Å². The van der Waals surface area contributed by atoms with Gasteiger partial charge < -0.3 is 10.1 Å². The number of sulfonamides is 1. The highest BCUT2D eigenvalue weighted by Gasteiger charge is 2.25. The van der Waals surface area contributed by atoms with Crippen LogP contribution in [-0.4, -0.2) is 44.6 Å². The fourth-order valence-corrected chi connectivity index (χ4v) is 3.37. The van der Waals surface area contributed by atoms with Crippen LogP contribution in [0.25, 0.3) is 0 Å². The highest BCUT2D eigenvalue weighted by molar-refractivity contribution is 7.88. The number of carbonyl (C=O) groups excluding carboxylic acids is 1. The van der Waals surface area contributed by atoms with Crippen LogP contribution in [0.2, 0.25) is 5.02 Å². The zero-order valence-electron chi connectivity index (χ0n) is 14.0. The number of rotatable bonds is 7. The van der Waals surface area contributed by atoms with Crippen LogP contribution in [0.4, 0.5) is 5.69 Å². The molecule has 1 amide bonds. The number of hydrogen-bond acceptors (Lipinski definition) is 4. The van der Waals surface area contributed by atoms with Crippen molar-refractivity contribution in [1.29, 1.82) is 0 Å². The van der Waals surface area contributed by atoms with Gasteiger partial charge in [0.1, 0.15) is 5.75 Å². The van der Waals surface area contributed by atoms with Crippen LogP contribution in [-0.2, 0) is 14.8 Å². The molecule has 0 spiro atoms. The van der Waals surface area contributed by atoms with E-state index in [4.69, 9.17) is 16.3 Å². The number of ether oxygens (including phenoxy) is 1. The molecule has 1 unspecified atom stereocenters. The number of carbonyl (C=O) groups is 1.